The molecule has 1 N–H and O–H groups in total. The monoisotopic (exact) mass is 398 g/mol. The molecule has 0 aliphatic rings. The average Bonchev–Trinajstić information content (AvgIpc) is 3.09. The fourth-order valence-corrected chi connectivity index (χ4v) is 3.70. The minimum atomic E-state index is -3.97. The molecule has 1 amide bonds. The van der Waals surface area contributed by atoms with Crippen LogP contribution in [-0.4, -0.2) is 25.3 Å². The molecule has 28 heavy (non-hydrogen) atoms. The van der Waals surface area contributed by atoms with Crippen molar-refractivity contribution in [2.24, 2.45) is 0 Å². The van der Waals surface area contributed by atoms with Crippen LogP contribution in [0, 0.1) is 6.92 Å². The van der Waals surface area contributed by atoms with Gasteiger partial charge < -0.3 is 4.52 Å². The number of sulfonamides is 1. The van der Waals surface area contributed by atoms with E-state index in [1.165, 1.54) is 24.3 Å². The van der Waals surface area contributed by atoms with E-state index in [1.54, 1.807) is 13.8 Å². The minimum absolute atomic E-state index is 0.0465. The number of carbonyl (C=O) groups excluding carboxylic acids is 2. The van der Waals surface area contributed by atoms with Gasteiger partial charge in [0.1, 0.15) is 11.5 Å². The number of amides is 1. The minimum Gasteiger partial charge on any atom is -0.360 e. The molecular formula is C20H18N2O5S. The molecule has 0 fully saturated rings. The number of carbonyl (C=O) groups is 2. The van der Waals surface area contributed by atoms with E-state index in [-0.39, 0.29) is 22.7 Å². The van der Waals surface area contributed by atoms with Crippen molar-refractivity contribution >= 4 is 21.7 Å². The Hall–Kier alpha value is -3.26. The number of nitrogens with one attached hydrogen (secondary N) is 1. The largest absolute Gasteiger partial charge is 0.360 e. The lowest BCUT2D eigenvalue weighted by Crippen LogP contribution is -2.29. The Morgan fingerprint density at radius 3 is 2.29 bits per heavy atom. The number of ketones is 1. The van der Waals surface area contributed by atoms with E-state index < -0.39 is 15.9 Å². The molecule has 0 unspecified atom stereocenters. The molecule has 8 heteroatoms. The summed E-state index contributed by atoms with van der Waals surface area (Å²) in [7, 11) is -3.97. The lowest BCUT2D eigenvalue weighted by molar-refractivity contribution is -0.119. The van der Waals surface area contributed by atoms with Crippen molar-refractivity contribution in [3.8, 4) is 11.3 Å². The molecule has 0 aliphatic carbocycles. The highest BCUT2D eigenvalue weighted by atomic mass is 32.2. The van der Waals surface area contributed by atoms with Crippen molar-refractivity contribution in [1.82, 2.24) is 9.88 Å². The highest BCUT2D eigenvalue weighted by Gasteiger charge is 2.23. The highest BCUT2D eigenvalue weighted by Crippen LogP contribution is 2.27. The Morgan fingerprint density at radius 2 is 1.68 bits per heavy atom. The van der Waals surface area contributed by atoms with Gasteiger partial charge in [-0.2, -0.15) is 0 Å². The molecule has 0 saturated heterocycles. The molecule has 1 aromatic heterocycles. The van der Waals surface area contributed by atoms with E-state index in [0.717, 1.165) is 5.56 Å². The standard InChI is InChI=1S/C20H18N2O5S/c1-3-17(23)22-28(25,26)16-11-9-15(10-12-16)20(24)18-13(2)27-21-19(18)14-7-5-4-6-8-14/h4-12H,3H2,1-2H3,(H,22,23). The Balaban J connectivity index is 1.93. The van der Waals surface area contributed by atoms with Gasteiger partial charge in [0.2, 0.25) is 5.91 Å². The van der Waals surface area contributed by atoms with Crippen LogP contribution in [-0.2, 0) is 14.8 Å². The predicted molar refractivity (Wildman–Crippen MR) is 102 cm³/mol. The molecule has 0 atom stereocenters. The van der Waals surface area contributed by atoms with E-state index in [4.69, 9.17) is 4.52 Å². The third-order valence-corrected chi connectivity index (χ3v) is 5.52. The third-order valence-electron chi connectivity index (χ3n) is 4.13. The predicted octanol–water partition coefficient (Wildman–Crippen LogP) is 3.10. The summed E-state index contributed by atoms with van der Waals surface area (Å²) in [6, 6.07) is 14.5. The number of hydrogen-bond donors (Lipinski definition) is 1. The lowest BCUT2D eigenvalue weighted by Gasteiger charge is -2.07. The number of rotatable bonds is 6. The van der Waals surface area contributed by atoms with Gasteiger partial charge in [-0.05, 0) is 31.2 Å². The van der Waals surface area contributed by atoms with Gasteiger partial charge in [0.05, 0.1) is 10.5 Å². The molecule has 144 valence electrons. The van der Waals surface area contributed by atoms with Gasteiger partial charge in [0.15, 0.2) is 5.78 Å². The number of hydrogen-bond acceptors (Lipinski definition) is 6. The molecule has 0 bridgehead atoms. The molecule has 7 nitrogen and oxygen atoms in total. The first-order chi connectivity index (χ1) is 13.3. The number of nitrogens with zero attached hydrogens (tertiary/aromatic N) is 1. The average molecular weight is 398 g/mol. The molecule has 3 aromatic rings. The number of aryl methyl sites for hydroxylation is 1. The topological polar surface area (TPSA) is 106 Å². The van der Waals surface area contributed by atoms with Gasteiger partial charge in [-0.25, -0.2) is 13.1 Å². The van der Waals surface area contributed by atoms with Crippen LogP contribution in [0.5, 0.6) is 0 Å². The molecule has 1 heterocycles. The van der Waals surface area contributed by atoms with Crippen LogP contribution < -0.4 is 4.72 Å². The maximum Gasteiger partial charge on any atom is 0.264 e. The van der Waals surface area contributed by atoms with Gasteiger partial charge in [-0.1, -0.05) is 42.4 Å². The maximum atomic E-state index is 13.0. The Kier molecular flexibility index (Phi) is 5.41. The Morgan fingerprint density at radius 1 is 1.04 bits per heavy atom. The van der Waals surface area contributed by atoms with E-state index in [1.807, 2.05) is 35.1 Å². The van der Waals surface area contributed by atoms with Crippen LogP contribution in [0.15, 0.2) is 64.0 Å². The molecule has 3 rings (SSSR count). The van der Waals surface area contributed by atoms with Gasteiger partial charge in [0, 0.05) is 17.5 Å². The van der Waals surface area contributed by atoms with Crippen molar-refractivity contribution in [3.63, 3.8) is 0 Å². The third kappa shape index (κ3) is 3.86. The lowest BCUT2D eigenvalue weighted by atomic mass is 9.98. The summed E-state index contributed by atoms with van der Waals surface area (Å²) >= 11 is 0. The maximum absolute atomic E-state index is 13.0. The summed E-state index contributed by atoms with van der Waals surface area (Å²) in [6.07, 6.45) is 0.0465. The van der Waals surface area contributed by atoms with Crippen LogP contribution in [0.3, 0.4) is 0 Å². The van der Waals surface area contributed by atoms with Crippen molar-refractivity contribution < 1.29 is 22.5 Å². The van der Waals surface area contributed by atoms with Crippen molar-refractivity contribution in [1.29, 1.82) is 0 Å². The summed E-state index contributed by atoms with van der Waals surface area (Å²) < 4.78 is 31.5. The van der Waals surface area contributed by atoms with Crippen molar-refractivity contribution in [2.75, 3.05) is 0 Å². The molecule has 0 spiro atoms. The molecular weight excluding hydrogens is 380 g/mol. The van der Waals surface area contributed by atoms with Crippen LogP contribution in [0.25, 0.3) is 11.3 Å². The summed E-state index contributed by atoms with van der Waals surface area (Å²) in [5, 5.41) is 3.99. The van der Waals surface area contributed by atoms with E-state index >= 15 is 0 Å². The van der Waals surface area contributed by atoms with Crippen LogP contribution in [0.2, 0.25) is 0 Å². The molecule has 0 saturated carbocycles. The molecule has 0 radical (unpaired) electrons. The second-order valence-electron chi connectivity index (χ2n) is 6.06. The fourth-order valence-electron chi connectivity index (χ4n) is 2.64. The van der Waals surface area contributed by atoms with E-state index in [2.05, 4.69) is 5.16 Å². The summed E-state index contributed by atoms with van der Waals surface area (Å²) in [4.78, 5) is 24.3. The molecule has 0 aliphatic heterocycles. The van der Waals surface area contributed by atoms with Crippen LogP contribution >= 0.6 is 0 Å². The first-order valence-corrected chi connectivity index (χ1v) is 10.0. The zero-order valence-electron chi connectivity index (χ0n) is 15.3. The van der Waals surface area contributed by atoms with Gasteiger partial charge >= 0.3 is 0 Å². The first-order valence-electron chi connectivity index (χ1n) is 8.55. The second-order valence-corrected chi connectivity index (χ2v) is 7.75. The summed E-state index contributed by atoms with van der Waals surface area (Å²) in [5.41, 5.74) is 1.77. The first kappa shape index (κ1) is 19.5. The van der Waals surface area contributed by atoms with E-state index in [0.29, 0.717) is 17.0 Å². The normalized spacial score (nSPS) is 11.2. The van der Waals surface area contributed by atoms with E-state index in [9.17, 15) is 18.0 Å². The quantitative estimate of drug-likeness (QED) is 0.640. The summed E-state index contributed by atoms with van der Waals surface area (Å²) in [6.45, 7) is 3.20. The summed E-state index contributed by atoms with van der Waals surface area (Å²) in [5.74, 6) is -0.567. The zero-order valence-corrected chi connectivity index (χ0v) is 16.1. The van der Waals surface area contributed by atoms with Gasteiger partial charge in [-0.15, -0.1) is 0 Å². The Bertz CT molecular complexity index is 1120. The number of benzene rings is 2. The second kappa shape index (κ2) is 7.77. The van der Waals surface area contributed by atoms with Crippen LogP contribution in [0.1, 0.15) is 35.0 Å². The smallest absolute Gasteiger partial charge is 0.264 e. The SMILES string of the molecule is CCC(=O)NS(=O)(=O)c1ccc(C(=O)c2c(-c3ccccc3)noc2C)cc1. The van der Waals surface area contributed by atoms with Gasteiger partial charge in [-0.3, -0.25) is 9.59 Å². The molecule has 2 aromatic carbocycles. The number of aromatic nitrogens is 1. The fraction of sp³-hybridized carbons (Fsp3) is 0.150. The Labute approximate surface area is 162 Å². The zero-order chi connectivity index (χ0) is 20.3. The van der Waals surface area contributed by atoms with Crippen molar-refractivity contribution in [3.05, 3.63) is 71.5 Å². The van der Waals surface area contributed by atoms with Crippen LogP contribution in [0.4, 0.5) is 0 Å². The highest BCUT2D eigenvalue weighted by molar-refractivity contribution is 7.90. The van der Waals surface area contributed by atoms with Gasteiger partial charge in [0.25, 0.3) is 10.0 Å². The van der Waals surface area contributed by atoms with Crippen molar-refractivity contribution in [2.45, 2.75) is 25.2 Å².